The number of non-ortho nitro benzene ring substituents is 1. The molecule has 10 heteroatoms. The Balaban J connectivity index is 2.13. The van der Waals surface area contributed by atoms with Crippen LogP contribution in [-0.4, -0.2) is 29.2 Å². The van der Waals surface area contributed by atoms with E-state index in [1.165, 1.54) is 46.9 Å². The number of fused-ring (bicyclic) bond motifs is 3. The van der Waals surface area contributed by atoms with E-state index in [0.29, 0.717) is 5.69 Å². The third-order valence-corrected chi connectivity index (χ3v) is 3.77. The molecule has 25 heavy (non-hydrogen) atoms. The molecule has 0 spiro atoms. The van der Waals surface area contributed by atoms with Gasteiger partial charge in [-0.3, -0.25) is 10.1 Å². The van der Waals surface area contributed by atoms with Crippen molar-refractivity contribution in [2.75, 3.05) is 5.73 Å². The van der Waals surface area contributed by atoms with Crippen LogP contribution >= 0.6 is 0 Å². The molecule has 0 aliphatic heterocycles. The highest BCUT2D eigenvalue weighted by Crippen LogP contribution is 2.25. The van der Waals surface area contributed by atoms with E-state index >= 15 is 0 Å². The predicted molar refractivity (Wildman–Crippen MR) is 88.8 cm³/mol. The molecule has 0 bridgehead atoms. The Morgan fingerprint density at radius 1 is 1.16 bits per heavy atom. The predicted octanol–water partition coefficient (Wildman–Crippen LogP) is 1.23. The second-order valence-corrected chi connectivity index (χ2v) is 5.27. The molecular formula is C15H10N6O4. The molecule has 0 saturated carbocycles. The first-order valence-electron chi connectivity index (χ1n) is 7.11. The van der Waals surface area contributed by atoms with Crippen molar-refractivity contribution >= 4 is 28.2 Å². The van der Waals surface area contributed by atoms with Crippen molar-refractivity contribution in [2.45, 2.75) is 0 Å². The average Bonchev–Trinajstić information content (AvgIpc) is 2.94. The minimum absolute atomic E-state index is 0.00450. The number of nitrogens with two attached hydrogens (primary N) is 1. The normalized spacial score (nSPS) is 11.2. The van der Waals surface area contributed by atoms with E-state index in [2.05, 4.69) is 10.1 Å². The monoisotopic (exact) mass is 338 g/mol. The standard InChI is InChI=1S/C15H10N6O4/c16-13-14-18-20(8-4-6-9(22)7-5-8)15(23)19(14)10-2-1-3-11(21(24)25)12(10)17-13/h1-7,22H,(H2,16,17). The highest BCUT2D eigenvalue weighted by Gasteiger charge is 2.20. The number of phenolic OH excluding ortho intramolecular Hbond substituents is 1. The number of hydrogen-bond acceptors (Lipinski definition) is 7. The number of aromatic nitrogens is 4. The van der Waals surface area contributed by atoms with Crippen molar-refractivity contribution in [1.29, 1.82) is 0 Å². The molecular weight excluding hydrogens is 328 g/mol. The van der Waals surface area contributed by atoms with Gasteiger partial charge < -0.3 is 10.8 Å². The molecule has 0 amide bonds. The molecule has 3 N–H and O–H groups in total. The van der Waals surface area contributed by atoms with Gasteiger partial charge in [0.05, 0.1) is 16.1 Å². The summed E-state index contributed by atoms with van der Waals surface area (Å²) in [5.74, 6) is -0.0563. The highest BCUT2D eigenvalue weighted by atomic mass is 16.6. The Labute approximate surface area is 138 Å². The lowest BCUT2D eigenvalue weighted by molar-refractivity contribution is -0.383. The van der Waals surface area contributed by atoms with Crippen molar-refractivity contribution in [3.8, 4) is 11.4 Å². The summed E-state index contributed by atoms with van der Waals surface area (Å²) < 4.78 is 2.27. The molecule has 0 radical (unpaired) electrons. The largest absolute Gasteiger partial charge is 0.508 e. The number of nitro groups is 1. The number of aromatic hydroxyl groups is 1. The third-order valence-electron chi connectivity index (χ3n) is 3.77. The van der Waals surface area contributed by atoms with Gasteiger partial charge in [0, 0.05) is 6.07 Å². The van der Waals surface area contributed by atoms with Crippen molar-refractivity contribution < 1.29 is 10.0 Å². The number of para-hydroxylation sites is 1. The Morgan fingerprint density at radius 2 is 1.88 bits per heavy atom. The summed E-state index contributed by atoms with van der Waals surface area (Å²) in [6, 6.07) is 10.1. The van der Waals surface area contributed by atoms with E-state index in [-0.39, 0.29) is 33.9 Å². The second kappa shape index (κ2) is 5.03. The van der Waals surface area contributed by atoms with Crippen molar-refractivity contribution in [2.24, 2.45) is 0 Å². The zero-order valence-electron chi connectivity index (χ0n) is 12.5. The quantitative estimate of drug-likeness (QED) is 0.413. The van der Waals surface area contributed by atoms with Crippen LogP contribution in [0, 0.1) is 10.1 Å². The van der Waals surface area contributed by atoms with Crippen LogP contribution in [0.5, 0.6) is 5.75 Å². The highest BCUT2D eigenvalue weighted by molar-refractivity contribution is 5.88. The number of rotatable bonds is 2. The summed E-state index contributed by atoms with van der Waals surface area (Å²) in [7, 11) is 0. The topological polar surface area (TPSA) is 142 Å². The molecule has 10 nitrogen and oxygen atoms in total. The minimum atomic E-state index is -0.587. The van der Waals surface area contributed by atoms with Crippen LogP contribution in [0.3, 0.4) is 0 Å². The van der Waals surface area contributed by atoms with Crippen LogP contribution in [0.1, 0.15) is 0 Å². The van der Waals surface area contributed by atoms with E-state index in [1.54, 1.807) is 0 Å². The molecule has 0 saturated heterocycles. The summed E-state index contributed by atoms with van der Waals surface area (Å²) in [5.41, 5.74) is 5.79. The van der Waals surface area contributed by atoms with Gasteiger partial charge in [0.2, 0.25) is 5.65 Å². The maximum atomic E-state index is 12.8. The van der Waals surface area contributed by atoms with Gasteiger partial charge in [0.25, 0.3) is 5.69 Å². The number of nitrogens with zero attached hydrogens (tertiary/aromatic N) is 5. The molecule has 0 aliphatic carbocycles. The van der Waals surface area contributed by atoms with E-state index in [1.807, 2.05) is 0 Å². The van der Waals surface area contributed by atoms with E-state index in [0.717, 1.165) is 4.68 Å². The maximum Gasteiger partial charge on any atom is 0.355 e. The second-order valence-electron chi connectivity index (χ2n) is 5.27. The Kier molecular flexibility index (Phi) is 2.94. The molecule has 0 fully saturated rings. The van der Waals surface area contributed by atoms with E-state index < -0.39 is 10.6 Å². The van der Waals surface area contributed by atoms with Gasteiger partial charge >= 0.3 is 5.69 Å². The van der Waals surface area contributed by atoms with Gasteiger partial charge in [-0.25, -0.2) is 14.2 Å². The lowest BCUT2D eigenvalue weighted by Crippen LogP contribution is -2.20. The lowest BCUT2D eigenvalue weighted by Gasteiger charge is -2.02. The van der Waals surface area contributed by atoms with E-state index in [4.69, 9.17) is 5.73 Å². The first-order valence-corrected chi connectivity index (χ1v) is 7.11. The SMILES string of the molecule is Nc1nc2c([N+](=O)[O-])cccc2n2c(=O)n(-c3ccc(O)cc3)nc12. The average molecular weight is 338 g/mol. The van der Waals surface area contributed by atoms with Crippen LogP contribution in [0.2, 0.25) is 0 Å². The molecule has 0 unspecified atom stereocenters. The van der Waals surface area contributed by atoms with Gasteiger partial charge in [0.15, 0.2) is 11.3 Å². The fourth-order valence-electron chi connectivity index (χ4n) is 2.64. The van der Waals surface area contributed by atoms with Crippen molar-refractivity contribution in [1.82, 2.24) is 19.2 Å². The number of benzene rings is 2. The van der Waals surface area contributed by atoms with Crippen molar-refractivity contribution in [3.05, 3.63) is 63.1 Å². The summed E-state index contributed by atoms with van der Waals surface area (Å²) in [4.78, 5) is 27.5. The van der Waals surface area contributed by atoms with Crippen LogP contribution in [0.4, 0.5) is 11.5 Å². The number of hydrogen-bond donors (Lipinski definition) is 2. The molecule has 4 aromatic rings. The Morgan fingerprint density at radius 3 is 2.56 bits per heavy atom. The number of nitrogen functional groups attached to an aromatic ring is 1. The maximum absolute atomic E-state index is 12.8. The molecule has 124 valence electrons. The van der Waals surface area contributed by atoms with Crippen LogP contribution in [0.15, 0.2) is 47.3 Å². The zero-order chi connectivity index (χ0) is 17.7. The number of phenols is 1. The summed E-state index contributed by atoms with van der Waals surface area (Å²) in [6.45, 7) is 0. The van der Waals surface area contributed by atoms with Gasteiger partial charge in [-0.2, -0.15) is 4.68 Å². The van der Waals surface area contributed by atoms with Crippen LogP contribution < -0.4 is 11.4 Å². The fraction of sp³-hybridized carbons (Fsp3) is 0. The molecule has 2 aromatic carbocycles. The van der Waals surface area contributed by atoms with Gasteiger partial charge in [-0.05, 0) is 30.3 Å². The molecule has 2 heterocycles. The Bertz CT molecular complexity index is 1210. The third kappa shape index (κ3) is 2.08. The zero-order valence-corrected chi connectivity index (χ0v) is 12.5. The van der Waals surface area contributed by atoms with Gasteiger partial charge in [0.1, 0.15) is 5.75 Å². The smallest absolute Gasteiger partial charge is 0.355 e. The number of nitro benzene ring substituents is 1. The van der Waals surface area contributed by atoms with Gasteiger partial charge in [-0.15, -0.1) is 5.10 Å². The minimum Gasteiger partial charge on any atom is -0.508 e. The Hall–Kier alpha value is -3.95. The van der Waals surface area contributed by atoms with Crippen LogP contribution in [-0.2, 0) is 0 Å². The lowest BCUT2D eigenvalue weighted by atomic mass is 10.2. The molecule has 2 aromatic heterocycles. The summed E-state index contributed by atoms with van der Waals surface area (Å²) >= 11 is 0. The molecule has 0 aliphatic rings. The molecule has 4 rings (SSSR count). The summed E-state index contributed by atoms with van der Waals surface area (Å²) in [6.07, 6.45) is 0. The van der Waals surface area contributed by atoms with E-state index in [9.17, 15) is 20.0 Å². The number of anilines is 1. The van der Waals surface area contributed by atoms with Gasteiger partial charge in [-0.1, -0.05) is 6.07 Å². The fourth-order valence-corrected chi connectivity index (χ4v) is 2.64. The first kappa shape index (κ1) is 14.6. The summed E-state index contributed by atoms with van der Waals surface area (Å²) in [5, 5.41) is 24.7. The van der Waals surface area contributed by atoms with Crippen molar-refractivity contribution in [3.63, 3.8) is 0 Å². The first-order chi connectivity index (χ1) is 12.0. The van der Waals surface area contributed by atoms with Crippen LogP contribution in [0.25, 0.3) is 22.4 Å². The molecule has 0 atom stereocenters.